The van der Waals surface area contributed by atoms with Gasteiger partial charge in [-0.3, -0.25) is 4.79 Å². The highest BCUT2D eigenvalue weighted by molar-refractivity contribution is 6.30. The number of hydrogen-bond donors (Lipinski definition) is 2. The second kappa shape index (κ2) is 8.91. The first-order chi connectivity index (χ1) is 13.2. The highest BCUT2D eigenvalue weighted by atomic mass is 35.5. The molecule has 2 N–H and O–H groups in total. The molecule has 7 heteroatoms. The Balaban J connectivity index is 1.52. The standard InChI is InChI=1S/C20H18ClN3O3/c1-26-19-8-3-2-7-17(19)22-13-20(25)24-23-12-16-9-10-18(27-16)14-5-4-6-15(21)11-14/h2-12,22H,13H2,1H3,(H,24,25). The van der Waals surface area contributed by atoms with E-state index in [0.29, 0.717) is 22.3 Å². The Morgan fingerprint density at radius 3 is 2.85 bits per heavy atom. The van der Waals surface area contributed by atoms with E-state index in [0.717, 1.165) is 11.3 Å². The Hall–Kier alpha value is -3.25. The van der Waals surface area contributed by atoms with Crippen molar-refractivity contribution >= 4 is 29.4 Å². The molecular formula is C20H18ClN3O3. The molecule has 0 spiro atoms. The van der Waals surface area contributed by atoms with Gasteiger partial charge in [-0.1, -0.05) is 35.9 Å². The van der Waals surface area contributed by atoms with Crippen LogP contribution in [0.5, 0.6) is 5.75 Å². The Bertz CT molecular complexity index is 953. The van der Waals surface area contributed by atoms with Crippen LogP contribution in [0.15, 0.2) is 70.2 Å². The van der Waals surface area contributed by atoms with Gasteiger partial charge in [-0.05, 0) is 36.4 Å². The minimum atomic E-state index is -0.293. The van der Waals surface area contributed by atoms with Gasteiger partial charge in [0.25, 0.3) is 5.91 Å². The lowest BCUT2D eigenvalue weighted by molar-refractivity contribution is -0.119. The molecule has 0 radical (unpaired) electrons. The third-order valence-corrected chi connectivity index (χ3v) is 3.90. The number of hydrazone groups is 1. The maximum Gasteiger partial charge on any atom is 0.259 e. The number of methoxy groups -OCH3 is 1. The molecule has 0 atom stereocenters. The molecule has 0 saturated carbocycles. The van der Waals surface area contributed by atoms with E-state index in [4.69, 9.17) is 20.8 Å². The van der Waals surface area contributed by atoms with Gasteiger partial charge in [-0.25, -0.2) is 5.43 Å². The molecular weight excluding hydrogens is 366 g/mol. The van der Waals surface area contributed by atoms with Gasteiger partial charge in [-0.15, -0.1) is 0 Å². The van der Waals surface area contributed by atoms with Crippen molar-refractivity contribution in [3.05, 3.63) is 71.4 Å². The molecule has 0 fully saturated rings. The summed E-state index contributed by atoms with van der Waals surface area (Å²) in [6.07, 6.45) is 1.44. The number of halogens is 1. The van der Waals surface area contributed by atoms with Crippen molar-refractivity contribution in [3.63, 3.8) is 0 Å². The zero-order chi connectivity index (χ0) is 19.1. The van der Waals surface area contributed by atoms with Gasteiger partial charge >= 0.3 is 0 Å². The third kappa shape index (κ3) is 5.12. The van der Waals surface area contributed by atoms with Crippen LogP contribution in [-0.2, 0) is 4.79 Å². The van der Waals surface area contributed by atoms with Gasteiger partial charge in [0.1, 0.15) is 17.3 Å². The lowest BCUT2D eigenvalue weighted by Crippen LogP contribution is -2.26. The van der Waals surface area contributed by atoms with Crippen molar-refractivity contribution in [2.45, 2.75) is 0 Å². The minimum Gasteiger partial charge on any atom is -0.495 e. The van der Waals surface area contributed by atoms with Crippen molar-refractivity contribution in [1.29, 1.82) is 0 Å². The predicted molar refractivity (Wildman–Crippen MR) is 106 cm³/mol. The van der Waals surface area contributed by atoms with Crippen molar-refractivity contribution in [1.82, 2.24) is 5.43 Å². The van der Waals surface area contributed by atoms with E-state index in [-0.39, 0.29) is 12.5 Å². The smallest absolute Gasteiger partial charge is 0.259 e. The normalized spacial score (nSPS) is 10.7. The van der Waals surface area contributed by atoms with Crippen molar-refractivity contribution < 1.29 is 13.9 Å². The summed E-state index contributed by atoms with van der Waals surface area (Å²) in [6, 6.07) is 18.3. The van der Waals surface area contributed by atoms with E-state index in [1.165, 1.54) is 6.21 Å². The number of ether oxygens (including phenoxy) is 1. The number of nitrogens with zero attached hydrogens (tertiary/aromatic N) is 1. The molecule has 3 aromatic rings. The average Bonchev–Trinajstić information content (AvgIpc) is 3.15. The van der Waals surface area contributed by atoms with E-state index in [2.05, 4.69) is 15.8 Å². The topological polar surface area (TPSA) is 75.9 Å². The van der Waals surface area contributed by atoms with Crippen LogP contribution in [0.4, 0.5) is 5.69 Å². The first kappa shape index (κ1) is 18.5. The highest BCUT2D eigenvalue weighted by Gasteiger charge is 2.05. The third-order valence-electron chi connectivity index (χ3n) is 3.66. The van der Waals surface area contributed by atoms with Gasteiger partial charge in [-0.2, -0.15) is 5.10 Å². The summed E-state index contributed by atoms with van der Waals surface area (Å²) in [5.74, 6) is 1.56. The zero-order valence-corrected chi connectivity index (χ0v) is 15.4. The number of para-hydroxylation sites is 2. The molecule has 0 aliphatic carbocycles. The number of amides is 1. The molecule has 6 nitrogen and oxygen atoms in total. The summed E-state index contributed by atoms with van der Waals surface area (Å²) in [6.45, 7) is 0.0592. The van der Waals surface area contributed by atoms with E-state index < -0.39 is 0 Å². The average molecular weight is 384 g/mol. The SMILES string of the molecule is COc1ccccc1NCC(=O)NN=Cc1ccc(-c2cccc(Cl)c2)o1. The van der Waals surface area contributed by atoms with E-state index in [9.17, 15) is 4.79 Å². The number of anilines is 1. The monoisotopic (exact) mass is 383 g/mol. The molecule has 1 aromatic heterocycles. The van der Waals surface area contributed by atoms with Crippen LogP contribution < -0.4 is 15.5 Å². The minimum absolute atomic E-state index is 0.0592. The number of nitrogens with one attached hydrogen (secondary N) is 2. The van der Waals surface area contributed by atoms with Gasteiger partial charge in [0.2, 0.25) is 0 Å². The Kier molecular flexibility index (Phi) is 6.12. The Labute approximate surface area is 161 Å². The second-order valence-electron chi connectivity index (χ2n) is 5.56. The first-order valence-electron chi connectivity index (χ1n) is 8.20. The van der Waals surface area contributed by atoms with Crippen LogP contribution in [0.3, 0.4) is 0 Å². The summed E-state index contributed by atoms with van der Waals surface area (Å²) in [7, 11) is 1.58. The lowest BCUT2D eigenvalue weighted by atomic mass is 10.2. The summed E-state index contributed by atoms with van der Waals surface area (Å²) >= 11 is 5.98. The highest BCUT2D eigenvalue weighted by Crippen LogP contribution is 2.24. The quantitative estimate of drug-likeness (QED) is 0.474. The van der Waals surface area contributed by atoms with E-state index in [1.54, 1.807) is 19.2 Å². The molecule has 0 aliphatic rings. The van der Waals surface area contributed by atoms with Crippen LogP contribution in [-0.4, -0.2) is 25.8 Å². The zero-order valence-electron chi connectivity index (χ0n) is 14.6. The number of carbonyl (C=O) groups is 1. The number of carbonyl (C=O) groups excluding carboxylic acids is 1. The van der Waals surface area contributed by atoms with Crippen LogP contribution >= 0.6 is 11.6 Å². The molecule has 0 aliphatic heterocycles. The predicted octanol–water partition coefficient (Wildman–Crippen LogP) is 4.17. The Morgan fingerprint density at radius 1 is 1.19 bits per heavy atom. The van der Waals surface area contributed by atoms with Crippen molar-refractivity contribution in [2.24, 2.45) is 5.10 Å². The molecule has 27 heavy (non-hydrogen) atoms. The lowest BCUT2D eigenvalue weighted by Gasteiger charge is -2.09. The maximum absolute atomic E-state index is 11.9. The Morgan fingerprint density at radius 2 is 2.04 bits per heavy atom. The molecule has 3 rings (SSSR count). The van der Waals surface area contributed by atoms with E-state index in [1.807, 2.05) is 48.5 Å². The van der Waals surface area contributed by atoms with Gasteiger partial charge in [0.15, 0.2) is 0 Å². The van der Waals surface area contributed by atoms with Crippen LogP contribution in [0.2, 0.25) is 5.02 Å². The molecule has 2 aromatic carbocycles. The van der Waals surface area contributed by atoms with E-state index >= 15 is 0 Å². The first-order valence-corrected chi connectivity index (χ1v) is 8.58. The number of furan rings is 1. The molecule has 0 unspecified atom stereocenters. The van der Waals surface area contributed by atoms with Crippen LogP contribution in [0.1, 0.15) is 5.76 Å². The van der Waals surface area contributed by atoms with Crippen LogP contribution in [0.25, 0.3) is 11.3 Å². The fourth-order valence-corrected chi connectivity index (χ4v) is 2.58. The van der Waals surface area contributed by atoms with Crippen molar-refractivity contribution in [2.75, 3.05) is 19.0 Å². The largest absolute Gasteiger partial charge is 0.495 e. The molecule has 1 heterocycles. The maximum atomic E-state index is 11.9. The fraction of sp³-hybridized carbons (Fsp3) is 0.100. The summed E-state index contributed by atoms with van der Waals surface area (Å²) < 4.78 is 10.9. The number of rotatable bonds is 7. The molecule has 0 saturated heterocycles. The summed E-state index contributed by atoms with van der Waals surface area (Å²) in [5, 5.41) is 7.54. The number of hydrogen-bond acceptors (Lipinski definition) is 5. The van der Waals surface area contributed by atoms with Gasteiger partial charge < -0.3 is 14.5 Å². The van der Waals surface area contributed by atoms with Gasteiger partial charge in [0, 0.05) is 10.6 Å². The molecule has 1 amide bonds. The number of benzene rings is 2. The fourth-order valence-electron chi connectivity index (χ4n) is 2.39. The van der Waals surface area contributed by atoms with Crippen molar-refractivity contribution in [3.8, 4) is 17.1 Å². The second-order valence-corrected chi connectivity index (χ2v) is 6.00. The molecule has 0 bridgehead atoms. The molecule has 138 valence electrons. The summed E-state index contributed by atoms with van der Waals surface area (Å²) in [5.41, 5.74) is 4.04. The van der Waals surface area contributed by atoms with Gasteiger partial charge in [0.05, 0.1) is 25.6 Å². The van der Waals surface area contributed by atoms with Crippen LogP contribution in [0, 0.1) is 0 Å². The summed E-state index contributed by atoms with van der Waals surface area (Å²) in [4.78, 5) is 11.9.